The Morgan fingerprint density at radius 2 is 1.92 bits per heavy atom. The van der Waals surface area contributed by atoms with Crippen molar-refractivity contribution in [3.05, 3.63) is 32.9 Å². The molecule has 0 N–H and O–H groups in total. The Morgan fingerprint density at radius 3 is 2.33 bits per heavy atom. The van der Waals surface area contributed by atoms with Gasteiger partial charge in [0.1, 0.15) is 0 Å². The highest BCUT2D eigenvalue weighted by atomic mass is 127. The molecular weight excluding hydrogens is 273 g/mol. The van der Waals surface area contributed by atoms with Gasteiger partial charge in [-0.2, -0.15) is 0 Å². The fourth-order valence-corrected chi connectivity index (χ4v) is 2.12. The zero-order valence-electron chi connectivity index (χ0n) is 6.87. The standard InChI is InChI=1S/C9H9F2I/c1-6-3-4-7(8(12)5-6)9(2,10)11/h3-5H,1-2H3. The van der Waals surface area contributed by atoms with Gasteiger partial charge in [0, 0.05) is 16.1 Å². The van der Waals surface area contributed by atoms with Crippen LogP contribution in [0.4, 0.5) is 8.78 Å². The van der Waals surface area contributed by atoms with Gasteiger partial charge in [0.2, 0.25) is 0 Å². The third kappa shape index (κ3) is 2.15. The number of rotatable bonds is 1. The second-order valence-corrected chi connectivity index (χ2v) is 4.03. The first-order chi connectivity index (χ1) is 5.41. The quantitative estimate of drug-likeness (QED) is 0.689. The van der Waals surface area contributed by atoms with E-state index in [4.69, 9.17) is 0 Å². The number of aryl methyl sites for hydroxylation is 1. The molecule has 0 nitrogen and oxygen atoms in total. The van der Waals surface area contributed by atoms with Crippen molar-refractivity contribution in [2.24, 2.45) is 0 Å². The first-order valence-corrected chi connectivity index (χ1v) is 4.63. The van der Waals surface area contributed by atoms with Crippen LogP contribution in [0.5, 0.6) is 0 Å². The third-order valence-corrected chi connectivity index (χ3v) is 2.49. The molecule has 0 fully saturated rings. The molecule has 0 saturated heterocycles. The molecule has 0 unspecified atom stereocenters. The summed E-state index contributed by atoms with van der Waals surface area (Å²) < 4.78 is 26.3. The Labute approximate surface area is 84.1 Å². The van der Waals surface area contributed by atoms with Crippen LogP contribution in [0, 0.1) is 10.5 Å². The summed E-state index contributed by atoms with van der Waals surface area (Å²) in [6.45, 7) is 2.81. The maximum Gasteiger partial charge on any atom is 0.271 e. The molecule has 0 saturated carbocycles. The Kier molecular flexibility index (Phi) is 2.70. The van der Waals surface area contributed by atoms with Gasteiger partial charge in [0.05, 0.1) is 0 Å². The van der Waals surface area contributed by atoms with E-state index in [1.54, 1.807) is 12.1 Å². The topological polar surface area (TPSA) is 0 Å². The second-order valence-electron chi connectivity index (χ2n) is 2.87. The van der Waals surface area contributed by atoms with Crippen molar-refractivity contribution in [3.63, 3.8) is 0 Å². The fraction of sp³-hybridized carbons (Fsp3) is 0.333. The van der Waals surface area contributed by atoms with Crippen molar-refractivity contribution >= 4 is 22.6 Å². The molecule has 0 aliphatic rings. The van der Waals surface area contributed by atoms with Crippen molar-refractivity contribution in [2.75, 3.05) is 0 Å². The van der Waals surface area contributed by atoms with Crippen molar-refractivity contribution < 1.29 is 8.78 Å². The number of hydrogen-bond acceptors (Lipinski definition) is 0. The van der Waals surface area contributed by atoms with E-state index in [2.05, 4.69) is 0 Å². The van der Waals surface area contributed by atoms with Gasteiger partial charge in [-0.05, 0) is 35.6 Å². The first-order valence-electron chi connectivity index (χ1n) is 3.55. The number of hydrogen-bond donors (Lipinski definition) is 0. The summed E-state index contributed by atoms with van der Waals surface area (Å²) >= 11 is 1.93. The summed E-state index contributed by atoms with van der Waals surface area (Å²) in [7, 11) is 0. The van der Waals surface area contributed by atoms with E-state index in [1.165, 1.54) is 6.07 Å². The Hall–Kier alpha value is -0.190. The lowest BCUT2D eigenvalue weighted by Gasteiger charge is -2.12. The van der Waals surface area contributed by atoms with Gasteiger partial charge < -0.3 is 0 Å². The zero-order valence-corrected chi connectivity index (χ0v) is 9.02. The lowest BCUT2D eigenvalue weighted by Crippen LogP contribution is -2.09. The Balaban J connectivity index is 3.19. The second kappa shape index (κ2) is 3.28. The van der Waals surface area contributed by atoms with Crippen molar-refractivity contribution in [1.82, 2.24) is 0 Å². The smallest absolute Gasteiger partial charge is 0.202 e. The highest BCUT2D eigenvalue weighted by Gasteiger charge is 2.26. The minimum atomic E-state index is -2.73. The number of benzene rings is 1. The van der Waals surface area contributed by atoms with Crippen molar-refractivity contribution in [2.45, 2.75) is 19.8 Å². The van der Waals surface area contributed by atoms with E-state index >= 15 is 0 Å². The van der Waals surface area contributed by atoms with Gasteiger partial charge in [0.15, 0.2) is 0 Å². The normalized spacial score (nSPS) is 11.8. The van der Waals surface area contributed by atoms with Gasteiger partial charge in [-0.25, -0.2) is 8.78 Å². The molecule has 0 spiro atoms. The van der Waals surface area contributed by atoms with Crippen LogP contribution in [0.1, 0.15) is 18.1 Å². The molecule has 0 bridgehead atoms. The van der Waals surface area contributed by atoms with E-state index in [9.17, 15) is 8.78 Å². The maximum atomic E-state index is 12.8. The molecule has 0 aliphatic heterocycles. The number of alkyl halides is 2. The van der Waals surface area contributed by atoms with Gasteiger partial charge in [-0.3, -0.25) is 0 Å². The van der Waals surface area contributed by atoms with Gasteiger partial charge in [-0.1, -0.05) is 17.7 Å². The van der Waals surface area contributed by atoms with Gasteiger partial charge in [0.25, 0.3) is 5.92 Å². The molecule has 1 aromatic carbocycles. The summed E-state index contributed by atoms with van der Waals surface area (Å²) in [4.78, 5) is 0. The van der Waals surface area contributed by atoms with E-state index in [-0.39, 0.29) is 5.56 Å². The average molecular weight is 282 g/mol. The van der Waals surface area contributed by atoms with Crippen LogP contribution < -0.4 is 0 Å². The summed E-state index contributed by atoms with van der Waals surface area (Å²) in [5.41, 5.74) is 1.11. The van der Waals surface area contributed by atoms with E-state index in [1.807, 2.05) is 29.5 Å². The molecule has 1 aromatic rings. The SMILES string of the molecule is Cc1ccc(C(C)(F)F)c(I)c1. The van der Waals surface area contributed by atoms with E-state index in [0.29, 0.717) is 3.57 Å². The van der Waals surface area contributed by atoms with Crippen LogP contribution in [0.2, 0.25) is 0 Å². The van der Waals surface area contributed by atoms with Crippen LogP contribution in [-0.2, 0) is 5.92 Å². The average Bonchev–Trinajstić information content (AvgIpc) is 1.83. The van der Waals surface area contributed by atoms with Crippen LogP contribution >= 0.6 is 22.6 Å². The Bertz CT molecular complexity index is 289. The van der Waals surface area contributed by atoms with Crippen LogP contribution in [-0.4, -0.2) is 0 Å². The molecule has 0 aromatic heterocycles. The highest BCUT2D eigenvalue weighted by Crippen LogP contribution is 2.30. The lowest BCUT2D eigenvalue weighted by atomic mass is 10.1. The Morgan fingerprint density at radius 1 is 1.33 bits per heavy atom. The molecular formula is C9H9F2I. The molecule has 0 radical (unpaired) electrons. The van der Waals surface area contributed by atoms with Crippen molar-refractivity contribution in [3.8, 4) is 0 Å². The molecule has 0 atom stereocenters. The third-order valence-electron chi connectivity index (χ3n) is 1.60. The predicted molar refractivity (Wildman–Crippen MR) is 53.5 cm³/mol. The zero-order chi connectivity index (χ0) is 9.35. The molecule has 0 heterocycles. The van der Waals surface area contributed by atoms with Gasteiger partial charge in [-0.15, -0.1) is 0 Å². The van der Waals surface area contributed by atoms with Crippen LogP contribution in [0.25, 0.3) is 0 Å². The number of halogens is 3. The summed E-state index contributed by atoms with van der Waals surface area (Å²) in [5, 5.41) is 0. The summed E-state index contributed by atoms with van der Waals surface area (Å²) in [6, 6.07) is 4.94. The molecule has 1 rings (SSSR count). The van der Waals surface area contributed by atoms with Crippen LogP contribution in [0.15, 0.2) is 18.2 Å². The van der Waals surface area contributed by atoms with Gasteiger partial charge >= 0.3 is 0 Å². The molecule has 66 valence electrons. The summed E-state index contributed by atoms with van der Waals surface area (Å²) in [6.07, 6.45) is 0. The maximum absolute atomic E-state index is 12.8. The summed E-state index contributed by atoms with van der Waals surface area (Å²) in [5.74, 6) is -2.73. The molecule has 12 heavy (non-hydrogen) atoms. The fourth-order valence-electron chi connectivity index (χ4n) is 0.976. The van der Waals surface area contributed by atoms with E-state index in [0.717, 1.165) is 12.5 Å². The van der Waals surface area contributed by atoms with E-state index < -0.39 is 5.92 Å². The minimum Gasteiger partial charge on any atom is -0.202 e. The lowest BCUT2D eigenvalue weighted by molar-refractivity contribution is 0.0166. The monoisotopic (exact) mass is 282 g/mol. The molecule has 3 heteroatoms. The largest absolute Gasteiger partial charge is 0.271 e. The highest BCUT2D eigenvalue weighted by molar-refractivity contribution is 14.1. The van der Waals surface area contributed by atoms with Crippen molar-refractivity contribution in [1.29, 1.82) is 0 Å². The predicted octanol–water partition coefficient (Wildman–Crippen LogP) is 3.71. The first kappa shape index (κ1) is 9.89. The minimum absolute atomic E-state index is 0.105. The molecule has 0 aliphatic carbocycles. The van der Waals surface area contributed by atoms with Crippen LogP contribution in [0.3, 0.4) is 0 Å². The molecule has 0 amide bonds.